The predicted molar refractivity (Wildman–Crippen MR) is 97.5 cm³/mol. The van der Waals surface area contributed by atoms with Gasteiger partial charge in [-0.1, -0.05) is 0 Å². The van der Waals surface area contributed by atoms with E-state index < -0.39 is 36.4 Å². The molecule has 162 valence electrons. The van der Waals surface area contributed by atoms with Gasteiger partial charge in [-0.25, -0.2) is 14.6 Å². The maximum Gasteiger partial charge on any atom is 0.390 e. The van der Waals surface area contributed by atoms with Crippen LogP contribution in [0.2, 0.25) is 0 Å². The highest BCUT2D eigenvalue weighted by Gasteiger charge is 2.53. The van der Waals surface area contributed by atoms with Crippen LogP contribution in [0, 0.1) is 0 Å². The minimum atomic E-state index is -4.37. The number of methoxy groups -OCH3 is 1. The van der Waals surface area contributed by atoms with Crippen molar-refractivity contribution in [2.24, 2.45) is 0 Å². The van der Waals surface area contributed by atoms with Crippen LogP contribution >= 0.6 is 0 Å². The third-order valence-corrected chi connectivity index (χ3v) is 4.60. The second-order valence-corrected chi connectivity index (χ2v) is 6.62. The highest BCUT2D eigenvalue weighted by atomic mass is 19.4. The van der Waals surface area contributed by atoms with Crippen LogP contribution in [0.4, 0.5) is 24.8 Å². The Hall–Kier alpha value is -3.38. The van der Waals surface area contributed by atoms with E-state index in [9.17, 15) is 22.8 Å². The van der Waals surface area contributed by atoms with Crippen LogP contribution < -0.4 is 15.8 Å². The van der Waals surface area contributed by atoms with Crippen LogP contribution in [0.15, 0.2) is 6.07 Å². The Labute approximate surface area is 168 Å². The topological polar surface area (TPSA) is 134 Å². The number of fused-ring (bicyclic) bond motifs is 1. The second-order valence-electron chi connectivity index (χ2n) is 6.62. The van der Waals surface area contributed by atoms with Gasteiger partial charge < -0.3 is 20.5 Å². The Kier molecular flexibility index (Phi) is 5.31. The number of halogens is 3. The van der Waals surface area contributed by atoms with E-state index in [1.165, 1.54) is 20.1 Å². The van der Waals surface area contributed by atoms with Gasteiger partial charge >= 0.3 is 12.1 Å². The SMILES string of the molecule is CCOC(=O)C1(C)C(=O)Nc2nc(-c3cc(OC)n(CCC(F)(F)F)n3)nc(N)c21. The van der Waals surface area contributed by atoms with E-state index in [0.29, 0.717) is 0 Å². The number of ether oxygens (including phenoxy) is 2. The van der Waals surface area contributed by atoms with E-state index in [1.807, 2.05) is 0 Å². The number of nitrogens with zero attached hydrogens (tertiary/aromatic N) is 4. The minimum Gasteiger partial charge on any atom is -0.481 e. The molecule has 1 aliphatic heterocycles. The lowest BCUT2D eigenvalue weighted by molar-refractivity contribution is -0.152. The van der Waals surface area contributed by atoms with Gasteiger partial charge in [-0.2, -0.15) is 18.3 Å². The molecular formula is C17H19F3N6O4. The van der Waals surface area contributed by atoms with Gasteiger partial charge in [-0.3, -0.25) is 9.59 Å². The fraction of sp³-hybridized carbons (Fsp3) is 0.471. The molecule has 0 aromatic carbocycles. The largest absolute Gasteiger partial charge is 0.481 e. The number of amides is 1. The maximum atomic E-state index is 12.5. The standard InChI is InChI=1S/C17H19F3N6O4/c1-4-30-15(28)16(2)10-11(21)22-12(23-13(10)24-14(16)27)8-7-9(29-3)26(25-8)6-5-17(18,19)20/h7H,4-6H2,1-3H3,(H3,21,22,23,24,27). The number of nitrogens with two attached hydrogens (primary N) is 1. The van der Waals surface area contributed by atoms with E-state index in [2.05, 4.69) is 20.4 Å². The van der Waals surface area contributed by atoms with Crippen molar-refractivity contribution >= 4 is 23.5 Å². The van der Waals surface area contributed by atoms with Gasteiger partial charge in [0, 0.05) is 6.07 Å². The molecule has 0 spiro atoms. The lowest BCUT2D eigenvalue weighted by Crippen LogP contribution is -2.41. The van der Waals surface area contributed by atoms with Crippen LogP contribution in [0.25, 0.3) is 11.5 Å². The third kappa shape index (κ3) is 3.62. The molecule has 0 saturated carbocycles. The number of esters is 1. The van der Waals surface area contributed by atoms with Gasteiger partial charge in [0.2, 0.25) is 11.8 Å². The molecule has 0 fully saturated rings. The molecule has 0 aliphatic carbocycles. The fourth-order valence-corrected chi connectivity index (χ4v) is 3.06. The van der Waals surface area contributed by atoms with E-state index in [4.69, 9.17) is 15.2 Å². The first-order valence-corrected chi connectivity index (χ1v) is 8.86. The molecule has 30 heavy (non-hydrogen) atoms. The Bertz CT molecular complexity index is 1010. The number of carbonyl (C=O) groups is 2. The van der Waals surface area contributed by atoms with Gasteiger partial charge in [-0.05, 0) is 13.8 Å². The number of alkyl halides is 3. The van der Waals surface area contributed by atoms with Crippen molar-refractivity contribution in [3.05, 3.63) is 11.6 Å². The van der Waals surface area contributed by atoms with Gasteiger partial charge in [0.15, 0.2) is 11.2 Å². The highest BCUT2D eigenvalue weighted by molar-refractivity contribution is 6.19. The van der Waals surface area contributed by atoms with E-state index in [-0.39, 0.29) is 41.2 Å². The van der Waals surface area contributed by atoms with Crippen LogP contribution in [0.1, 0.15) is 25.8 Å². The first kappa shape index (κ1) is 21.3. The number of anilines is 2. The van der Waals surface area contributed by atoms with Crippen molar-refractivity contribution in [3.63, 3.8) is 0 Å². The summed E-state index contributed by atoms with van der Waals surface area (Å²) >= 11 is 0. The van der Waals surface area contributed by atoms with Gasteiger partial charge in [0.1, 0.15) is 17.3 Å². The molecule has 1 atom stereocenters. The number of nitrogens with one attached hydrogen (secondary N) is 1. The number of hydrogen-bond acceptors (Lipinski definition) is 8. The average molecular weight is 428 g/mol. The monoisotopic (exact) mass is 428 g/mol. The van der Waals surface area contributed by atoms with Crippen molar-refractivity contribution in [3.8, 4) is 17.4 Å². The maximum absolute atomic E-state index is 12.5. The summed E-state index contributed by atoms with van der Waals surface area (Å²) in [5.74, 6) is -1.62. The number of nitrogen functional groups attached to an aromatic ring is 1. The first-order chi connectivity index (χ1) is 14.0. The summed E-state index contributed by atoms with van der Waals surface area (Å²) in [6.07, 6.45) is -5.47. The fourth-order valence-electron chi connectivity index (χ4n) is 3.06. The lowest BCUT2D eigenvalue weighted by Gasteiger charge is -2.20. The number of aryl methyl sites for hydroxylation is 1. The van der Waals surface area contributed by atoms with Crippen LogP contribution in [0.3, 0.4) is 0 Å². The molecule has 1 aliphatic rings. The van der Waals surface area contributed by atoms with E-state index in [0.717, 1.165) is 4.68 Å². The Balaban J connectivity index is 2.00. The summed E-state index contributed by atoms with van der Waals surface area (Å²) in [6.45, 7) is 2.54. The van der Waals surface area contributed by atoms with Crippen LogP contribution in [0.5, 0.6) is 5.88 Å². The molecule has 13 heteroatoms. The second kappa shape index (κ2) is 7.46. The number of hydrogen-bond donors (Lipinski definition) is 2. The van der Waals surface area contributed by atoms with Crippen molar-refractivity contribution < 1.29 is 32.2 Å². The summed E-state index contributed by atoms with van der Waals surface area (Å²) in [4.78, 5) is 33.1. The summed E-state index contributed by atoms with van der Waals surface area (Å²) in [5, 5.41) is 6.52. The molecule has 1 amide bonds. The van der Waals surface area contributed by atoms with Gasteiger partial charge in [-0.15, -0.1) is 0 Å². The molecule has 2 aromatic heterocycles. The Morgan fingerprint density at radius 1 is 1.37 bits per heavy atom. The lowest BCUT2D eigenvalue weighted by atomic mass is 9.84. The average Bonchev–Trinajstić information content (AvgIpc) is 3.19. The first-order valence-electron chi connectivity index (χ1n) is 8.86. The zero-order valence-electron chi connectivity index (χ0n) is 16.3. The summed E-state index contributed by atoms with van der Waals surface area (Å²) in [5.41, 5.74) is 4.44. The zero-order valence-corrected chi connectivity index (χ0v) is 16.3. The van der Waals surface area contributed by atoms with E-state index in [1.54, 1.807) is 6.92 Å². The van der Waals surface area contributed by atoms with Crippen molar-refractivity contribution in [2.45, 2.75) is 38.4 Å². The van der Waals surface area contributed by atoms with Gasteiger partial charge in [0.05, 0.1) is 32.2 Å². The summed E-state index contributed by atoms with van der Waals surface area (Å²) in [6, 6.07) is 1.35. The molecule has 3 N–H and O–H groups in total. The van der Waals surface area contributed by atoms with Crippen molar-refractivity contribution in [1.29, 1.82) is 0 Å². The van der Waals surface area contributed by atoms with Crippen molar-refractivity contribution in [2.75, 3.05) is 24.8 Å². The van der Waals surface area contributed by atoms with Crippen LogP contribution in [-0.2, 0) is 26.3 Å². The third-order valence-electron chi connectivity index (χ3n) is 4.60. The van der Waals surface area contributed by atoms with Crippen molar-refractivity contribution in [1.82, 2.24) is 19.7 Å². The number of aromatic nitrogens is 4. The number of rotatable bonds is 6. The minimum absolute atomic E-state index is 0.00172. The molecule has 0 bridgehead atoms. The molecular weight excluding hydrogens is 409 g/mol. The quantitative estimate of drug-likeness (QED) is 0.524. The normalized spacial score (nSPS) is 18.1. The van der Waals surface area contributed by atoms with E-state index >= 15 is 0 Å². The molecule has 0 radical (unpaired) electrons. The zero-order chi connectivity index (χ0) is 22.3. The van der Waals surface area contributed by atoms with Gasteiger partial charge in [0.25, 0.3) is 0 Å². The van der Waals surface area contributed by atoms with Crippen LogP contribution in [-0.4, -0.2) is 51.5 Å². The summed E-state index contributed by atoms with van der Waals surface area (Å²) in [7, 11) is 1.29. The molecule has 3 heterocycles. The highest BCUT2D eigenvalue weighted by Crippen LogP contribution is 2.41. The Morgan fingerprint density at radius 3 is 2.67 bits per heavy atom. The molecule has 1 unspecified atom stereocenters. The molecule has 10 nitrogen and oxygen atoms in total. The molecule has 2 aromatic rings. The molecule has 0 saturated heterocycles. The number of carbonyl (C=O) groups excluding carboxylic acids is 2. The molecule has 3 rings (SSSR count). The Morgan fingerprint density at radius 2 is 2.07 bits per heavy atom. The predicted octanol–water partition coefficient (Wildman–Crippen LogP) is 1.66. The smallest absolute Gasteiger partial charge is 0.390 e. The summed E-state index contributed by atoms with van der Waals surface area (Å²) < 4.78 is 48.7.